The summed E-state index contributed by atoms with van der Waals surface area (Å²) < 4.78 is 0. The number of hydrogen-bond acceptors (Lipinski definition) is 2. The molecule has 1 aliphatic rings. The second-order valence-electron chi connectivity index (χ2n) is 2.95. The second-order valence-corrected chi connectivity index (χ2v) is 2.95. The molecule has 0 aliphatic heterocycles. The van der Waals surface area contributed by atoms with Gasteiger partial charge < -0.3 is 5.11 Å². The van der Waals surface area contributed by atoms with Gasteiger partial charge in [0.1, 0.15) is 0 Å². The van der Waals surface area contributed by atoms with Crippen LogP contribution in [0.25, 0.3) is 0 Å². The summed E-state index contributed by atoms with van der Waals surface area (Å²) in [7, 11) is 0. The molecule has 2 unspecified atom stereocenters. The zero-order valence-electron chi connectivity index (χ0n) is 6.69. The summed E-state index contributed by atoms with van der Waals surface area (Å²) in [5.74, 6) is -1.69. The molecule has 0 spiro atoms. The first-order valence-corrected chi connectivity index (χ1v) is 3.60. The fraction of sp³-hybridized carbons (Fsp3) is 0.333. The molecule has 0 amide bonds. The Labute approximate surface area is 70.6 Å². The molecule has 3 nitrogen and oxygen atoms in total. The first kappa shape index (κ1) is 8.54. The van der Waals surface area contributed by atoms with Crippen molar-refractivity contribution in [1.82, 2.24) is 0 Å². The largest absolute Gasteiger partial charge is 0.481 e. The molecule has 0 heterocycles. The van der Waals surface area contributed by atoms with Gasteiger partial charge in [0, 0.05) is 0 Å². The van der Waals surface area contributed by atoms with Crippen LogP contribution in [0, 0.1) is 22.7 Å². The normalized spacial score (nSPS) is 32.8. The maximum atomic E-state index is 10.7. The quantitative estimate of drug-likeness (QED) is 0.634. The second kappa shape index (κ2) is 2.82. The van der Waals surface area contributed by atoms with E-state index in [0.29, 0.717) is 0 Å². The van der Waals surface area contributed by atoms with Crippen LogP contribution in [0.3, 0.4) is 0 Å². The molecule has 0 aromatic heterocycles. The molecule has 62 valence electrons. The van der Waals surface area contributed by atoms with Gasteiger partial charge in [0.15, 0.2) is 0 Å². The van der Waals surface area contributed by atoms with E-state index in [-0.39, 0.29) is 0 Å². The predicted molar refractivity (Wildman–Crippen MR) is 43.1 cm³/mol. The van der Waals surface area contributed by atoms with E-state index in [1.165, 1.54) is 6.08 Å². The van der Waals surface area contributed by atoms with Gasteiger partial charge in [-0.05, 0) is 6.92 Å². The highest BCUT2D eigenvalue weighted by Gasteiger charge is 2.36. The third-order valence-corrected chi connectivity index (χ3v) is 2.01. The Hall–Kier alpha value is -1.56. The Morgan fingerprint density at radius 2 is 2.33 bits per heavy atom. The number of carbonyl (C=O) groups is 1. The van der Waals surface area contributed by atoms with E-state index in [2.05, 4.69) is 0 Å². The van der Waals surface area contributed by atoms with Crippen LogP contribution in [-0.2, 0) is 4.79 Å². The minimum Gasteiger partial charge on any atom is -0.481 e. The molecule has 1 aliphatic carbocycles. The highest BCUT2D eigenvalue weighted by atomic mass is 16.4. The lowest BCUT2D eigenvalue weighted by Gasteiger charge is -2.24. The molecule has 0 aromatic carbocycles. The van der Waals surface area contributed by atoms with Gasteiger partial charge in [-0.15, -0.1) is 0 Å². The number of hydrogen-bond donors (Lipinski definition) is 1. The molecule has 0 aromatic rings. The third kappa shape index (κ3) is 1.24. The molecule has 0 saturated carbocycles. The number of allylic oxidation sites excluding steroid dienone is 3. The van der Waals surface area contributed by atoms with Gasteiger partial charge in [0.05, 0.1) is 17.4 Å². The zero-order valence-corrected chi connectivity index (χ0v) is 6.69. The average molecular weight is 163 g/mol. The standard InChI is InChI=1S/C9H9NO2/c1-9(6-10)5-3-2-4-7(9)8(11)12/h2-5,7H,1H3,(H,11,12). The van der Waals surface area contributed by atoms with Gasteiger partial charge in [-0.25, -0.2) is 0 Å². The molecule has 3 heteroatoms. The van der Waals surface area contributed by atoms with Crippen molar-refractivity contribution in [3.8, 4) is 6.07 Å². The summed E-state index contributed by atoms with van der Waals surface area (Å²) in [6.07, 6.45) is 6.50. The predicted octanol–water partition coefficient (Wildman–Crippen LogP) is 1.34. The molecule has 1 rings (SSSR count). The SMILES string of the molecule is CC1(C#N)C=CC=CC1C(=O)O. The fourth-order valence-electron chi connectivity index (χ4n) is 1.18. The van der Waals surface area contributed by atoms with Gasteiger partial charge in [0.2, 0.25) is 0 Å². The molecule has 1 N–H and O–H groups in total. The van der Waals surface area contributed by atoms with Crippen molar-refractivity contribution in [3.05, 3.63) is 24.3 Å². The molecule has 0 saturated heterocycles. The van der Waals surface area contributed by atoms with E-state index >= 15 is 0 Å². The van der Waals surface area contributed by atoms with E-state index in [1.54, 1.807) is 25.2 Å². The first-order valence-electron chi connectivity index (χ1n) is 3.60. The summed E-state index contributed by atoms with van der Waals surface area (Å²) >= 11 is 0. The first-order chi connectivity index (χ1) is 5.60. The maximum Gasteiger partial charge on any atom is 0.312 e. The third-order valence-electron chi connectivity index (χ3n) is 2.01. The smallest absolute Gasteiger partial charge is 0.312 e. The van der Waals surface area contributed by atoms with Crippen LogP contribution in [-0.4, -0.2) is 11.1 Å². The molecule has 2 atom stereocenters. The van der Waals surface area contributed by atoms with Gasteiger partial charge in [-0.3, -0.25) is 4.79 Å². The van der Waals surface area contributed by atoms with Crippen molar-refractivity contribution in [2.75, 3.05) is 0 Å². The van der Waals surface area contributed by atoms with Gasteiger partial charge in [-0.1, -0.05) is 24.3 Å². The number of carboxylic acids is 1. The van der Waals surface area contributed by atoms with Crippen LogP contribution < -0.4 is 0 Å². The summed E-state index contributed by atoms with van der Waals surface area (Å²) in [4.78, 5) is 10.7. The molecular weight excluding hydrogens is 154 g/mol. The molecule has 12 heavy (non-hydrogen) atoms. The van der Waals surface area contributed by atoms with E-state index in [4.69, 9.17) is 10.4 Å². The van der Waals surface area contributed by atoms with E-state index < -0.39 is 17.3 Å². The van der Waals surface area contributed by atoms with Gasteiger partial charge in [0.25, 0.3) is 0 Å². The van der Waals surface area contributed by atoms with Crippen LogP contribution in [0.5, 0.6) is 0 Å². The fourth-order valence-corrected chi connectivity index (χ4v) is 1.18. The average Bonchev–Trinajstić information content (AvgIpc) is 2.05. The van der Waals surface area contributed by atoms with Crippen LogP contribution in [0.2, 0.25) is 0 Å². The zero-order chi connectivity index (χ0) is 9.19. The molecular formula is C9H9NO2. The number of carboxylic acid groups (broad SMARTS) is 1. The number of nitrogens with zero attached hydrogens (tertiary/aromatic N) is 1. The van der Waals surface area contributed by atoms with Crippen molar-refractivity contribution < 1.29 is 9.90 Å². The van der Waals surface area contributed by atoms with Crippen molar-refractivity contribution in [2.45, 2.75) is 6.92 Å². The molecule has 0 radical (unpaired) electrons. The minimum absolute atomic E-state index is 0.729. The van der Waals surface area contributed by atoms with Crippen LogP contribution >= 0.6 is 0 Å². The van der Waals surface area contributed by atoms with Crippen LogP contribution in [0.4, 0.5) is 0 Å². The van der Waals surface area contributed by atoms with Crippen molar-refractivity contribution in [3.63, 3.8) is 0 Å². The Balaban J connectivity index is 3.02. The van der Waals surface area contributed by atoms with E-state index in [9.17, 15) is 4.79 Å². The molecule has 0 fully saturated rings. The Morgan fingerprint density at radius 1 is 1.67 bits per heavy atom. The monoisotopic (exact) mass is 163 g/mol. The van der Waals surface area contributed by atoms with Crippen LogP contribution in [0.15, 0.2) is 24.3 Å². The summed E-state index contributed by atoms with van der Waals surface area (Å²) in [5.41, 5.74) is -0.902. The Morgan fingerprint density at radius 3 is 2.75 bits per heavy atom. The molecule has 0 bridgehead atoms. The number of rotatable bonds is 1. The van der Waals surface area contributed by atoms with Gasteiger partial charge >= 0.3 is 5.97 Å². The number of nitriles is 1. The minimum atomic E-state index is -0.959. The Bertz CT molecular complexity index is 298. The van der Waals surface area contributed by atoms with Gasteiger partial charge in [-0.2, -0.15) is 5.26 Å². The topological polar surface area (TPSA) is 61.1 Å². The lowest BCUT2D eigenvalue weighted by Crippen LogP contribution is -2.30. The lowest BCUT2D eigenvalue weighted by molar-refractivity contribution is -0.142. The Kier molecular flexibility index (Phi) is 2.01. The highest BCUT2D eigenvalue weighted by molar-refractivity contribution is 5.75. The maximum absolute atomic E-state index is 10.7. The van der Waals surface area contributed by atoms with E-state index in [1.807, 2.05) is 6.07 Å². The van der Waals surface area contributed by atoms with Crippen LogP contribution in [0.1, 0.15) is 6.92 Å². The summed E-state index contributed by atoms with van der Waals surface area (Å²) in [6.45, 7) is 1.62. The summed E-state index contributed by atoms with van der Waals surface area (Å²) in [5, 5.41) is 17.5. The van der Waals surface area contributed by atoms with E-state index in [0.717, 1.165) is 0 Å². The summed E-state index contributed by atoms with van der Waals surface area (Å²) in [6, 6.07) is 1.99. The number of aliphatic carboxylic acids is 1. The van der Waals surface area contributed by atoms with Crippen molar-refractivity contribution in [1.29, 1.82) is 5.26 Å². The van der Waals surface area contributed by atoms with Crippen molar-refractivity contribution in [2.24, 2.45) is 11.3 Å². The highest BCUT2D eigenvalue weighted by Crippen LogP contribution is 2.32. The van der Waals surface area contributed by atoms with Crippen molar-refractivity contribution >= 4 is 5.97 Å². The lowest BCUT2D eigenvalue weighted by atomic mass is 9.76.